The summed E-state index contributed by atoms with van der Waals surface area (Å²) in [4.78, 5) is 37.9. The van der Waals surface area contributed by atoms with Gasteiger partial charge in [0.05, 0.1) is 17.9 Å². The van der Waals surface area contributed by atoms with E-state index in [1.807, 2.05) is 7.05 Å². The van der Waals surface area contributed by atoms with E-state index in [1.54, 1.807) is 34.8 Å². The average Bonchev–Trinajstić information content (AvgIpc) is 3.21. The van der Waals surface area contributed by atoms with Crippen LogP contribution in [0.3, 0.4) is 0 Å². The number of carbonyl (C=O) groups is 2. The van der Waals surface area contributed by atoms with E-state index in [2.05, 4.69) is 20.9 Å². The zero-order valence-corrected chi connectivity index (χ0v) is 17.0. The van der Waals surface area contributed by atoms with E-state index in [0.717, 1.165) is 36.9 Å². The summed E-state index contributed by atoms with van der Waals surface area (Å²) < 4.78 is 1.74. The van der Waals surface area contributed by atoms with Crippen molar-refractivity contribution in [3.05, 3.63) is 17.5 Å². The predicted molar refractivity (Wildman–Crippen MR) is 105 cm³/mol. The van der Waals surface area contributed by atoms with Crippen LogP contribution in [0.5, 0.6) is 0 Å². The van der Waals surface area contributed by atoms with Gasteiger partial charge in [-0.1, -0.05) is 0 Å². The van der Waals surface area contributed by atoms with Crippen LogP contribution in [-0.2, 0) is 11.9 Å². The van der Waals surface area contributed by atoms with Crippen LogP contribution in [0, 0.1) is 0 Å². The second kappa shape index (κ2) is 7.54. The molecular weight excluding hydrogens is 376 g/mol. The fourth-order valence-corrected chi connectivity index (χ4v) is 4.51. The van der Waals surface area contributed by atoms with E-state index < -0.39 is 12.1 Å². The summed E-state index contributed by atoms with van der Waals surface area (Å²) >= 11 is 0. The summed E-state index contributed by atoms with van der Waals surface area (Å²) in [6.45, 7) is 0.536. The van der Waals surface area contributed by atoms with Gasteiger partial charge >= 0.3 is 12.1 Å². The molecule has 3 heterocycles. The highest BCUT2D eigenvalue weighted by Crippen LogP contribution is 2.42. The zero-order chi connectivity index (χ0) is 20.7. The number of aromatic nitrogens is 2. The molecule has 158 valence electrons. The van der Waals surface area contributed by atoms with Gasteiger partial charge in [0, 0.05) is 45.3 Å². The molecule has 2 bridgehead atoms. The molecule has 0 radical (unpaired) electrons. The monoisotopic (exact) mass is 404 g/mol. The summed E-state index contributed by atoms with van der Waals surface area (Å²) in [5.74, 6) is 0.373. The molecular formula is C18H28N8O3. The lowest BCUT2D eigenvalue weighted by molar-refractivity contribution is 0.109. The Hall–Kier alpha value is -2.82. The molecule has 0 unspecified atom stereocenters. The van der Waals surface area contributed by atoms with E-state index in [0.29, 0.717) is 12.4 Å². The summed E-state index contributed by atoms with van der Waals surface area (Å²) in [6.07, 6.45) is 4.65. The molecule has 4 rings (SSSR count). The Morgan fingerprint density at radius 2 is 2.03 bits per heavy atom. The van der Waals surface area contributed by atoms with Gasteiger partial charge in [0.2, 0.25) is 0 Å². The van der Waals surface area contributed by atoms with Crippen molar-refractivity contribution in [1.29, 1.82) is 0 Å². The first-order valence-electron chi connectivity index (χ1n) is 9.91. The van der Waals surface area contributed by atoms with Crippen molar-refractivity contribution in [2.75, 3.05) is 20.6 Å². The molecule has 29 heavy (non-hydrogen) atoms. The Morgan fingerprint density at radius 3 is 2.72 bits per heavy atom. The highest BCUT2D eigenvalue weighted by Gasteiger charge is 2.49. The Balaban J connectivity index is 1.46. The number of nitrogens with one attached hydrogen (secondary N) is 2. The van der Waals surface area contributed by atoms with Gasteiger partial charge < -0.3 is 25.7 Å². The molecule has 0 aromatic carbocycles. The zero-order valence-electron chi connectivity index (χ0n) is 17.0. The van der Waals surface area contributed by atoms with Crippen LogP contribution >= 0.6 is 0 Å². The lowest BCUT2D eigenvalue weighted by atomic mass is 9.92. The number of urea groups is 1. The van der Waals surface area contributed by atoms with Gasteiger partial charge in [-0.2, -0.15) is 5.10 Å². The number of amidine groups is 1. The molecule has 1 saturated heterocycles. The van der Waals surface area contributed by atoms with Gasteiger partial charge in [-0.25, -0.2) is 15.1 Å². The number of rotatable bonds is 2. The van der Waals surface area contributed by atoms with Crippen LogP contribution in [0.1, 0.15) is 49.0 Å². The number of likely N-dealkylation sites (N-methyl/N-ethyl adjacent to an activating group) is 1. The van der Waals surface area contributed by atoms with Crippen LogP contribution in [0.4, 0.5) is 9.59 Å². The summed E-state index contributed by atoms with van der Waals surface area (Å²) in [5.41, 5.74) is 10.4. The van der Waals surface area contributed by atoms with Crippen LogP contribution in [-0.4, -0.2) is 70.3 Å². The SMILES string of the molecule is CN=C(NOC(=O)NC1CCC(N)CC1)[C@@H]1c2c(cnn2C)[C@@H]2CN1C(=O)N2C. The van der Waals surface area contributed by atoms with E-state index in [4.69, 9.17) is 10.6 Å². The van der Waals surface area contributed by atoms with E-state index >= 15 is 0 Å². The fourth-order valence-electron chi connectivity index (χ4n) is 4.51. The maximum absolute atomic E-state index is 12.7. The number of fused-ring (bicyclic) bond motifs is 4. The molecule has 1 aromatic rings. The number of nitrogens with two attached hydrogens (primary N) is 1. The molecule has 0 spiro atoms. The first kappa shape index (κ1) is 19.5. The predicted octanol–water partition coefficient (Wildman–Crippen LogP) is 0.412. The van der Waals surface area contributed by atoms with Crippen molar-refractivity contribution < 1.29 is 14.4 Å². The summed E-state index contributed by atoms with van der Waals surface area (Å²) in [6, 6.07) is -0.374. The van der Waals surface area contributed by atoms with E-state index in [-0.39, 0.29) is 24.2 Å². The number of carbonyl (C=O) groups excluding carboxylic acids is 2. The minimum Gasteiger partial charge on any atom is -0.328 e. The topological polar surface area (TPSA) is 130 Å². The second-order valence-corrected chi connectivity index (χ2v) is 7.93. The first-order chi connectivity index (χ1) is 13.9. The molecule has 11 nitrogen and oxygen atoms in total. The third kappa shape index (κ3) is 3.39. The van der Waals surface area contributed by atoms with Crippen LogP contribution in [0.25, 0.3) is 0 Å². The lowest BCUT2D eigenvalue weighted by Crippen LogP contribution is -2.47. The molecule has 2 aliphatic heterocycles. The van der Waals surface area contributed by atoms with Gasteiger partial charge in [0.1, 0.15) is 6.04 Å². The van der Waals surface area contributed by atoms with E-state index in [1.165, 1.54) is 0 Å². The molecule has 1 aromatic heterocycles. The fraction of sp³-hybridized carbons (Fsp3) is 0.667. The number of hydroxylamine groups is 1. The Labute approximate surface area is 169 Å². The average molecular weight is 404 g/mol. The van der Waals surface area contributed by atoms with Gasteiger partial charge in [-0.3, -0.25) is 9.67 Å². The first-order valence-corrected chi connectivity index (χ1v) is 9.91. The van der Waals surface area contributed by atoms with Gasteiger partial charge in [0.15, 0.2) is 5.84 Å². The number of aliphatic imine (C=N–C) groups is 1. The van der Waals surface area contributed by atoms with Gasteiger partial charge in [0.25, 0.3) is 0 Å². The van der Waals surface area contributed by atoms with Crippen molar-refractivity contribution in [2.24, 2.45) is 17.8 Å². The highest BCUT2D eigenvalue weighted by atomic mass is 16.7. The largest absolute Gasteiger partial charge is 0.431 e. The van der Waals surface area contributed by atoms with Crippen molar-refractivity contribution >= 4 is 18.0 Å². The standard InChI is InChI=1S/C18H28N8O3/c1-20-16(23-29-17(27)22-11-6-4-10(19)5-7-11)15-14-12(8-21-25(14)3)13-9-26(15)18(28)24(13)2/h8,10-11,13,15H,4-7,9,19H2,1-3H3,(H,20,23)(H,22,27)/t10?,11?,13-,15-/m0/s1. The smallest absolute Gasteiger partial charge is 0.328 e. The third-order valence-electron chi connectivity index (χ3n) is 6.17. The maximum atomic E-state index is 12.7. The Morgan fingerprint density at radius 1 is 1.31 bits per heavy atom. The van der Waals surface area contributed by atoms with Gasteiger partial charge in [-0.05, 0) is 25.7 Å². The second-order valence-electron chi connectivity index (χ2n) is 7.93. The Kier molecular flexibility index (Phi) is 5.07. The summed E-state index contributed by atoms with van der Waals surface area (Å²) in [5, 5.41) is 7.22. The van der Waals surface area contributed by atoms with Crippen LogP contribution < -0.4 is 16.5 Å². The number of hydrogen-bond acceptors (Lipinski definition) is 6. The number of amides is 3. The highest BCUT2D eigenvalue weighted by molar-refractivity contribution is 5.94. The number of aryl methyl sites for hydroxylation is 1. The molecule has 3 aliphatic rings. The molecule has 1 saturated carbocycles. The maximum Gasteiger partial charge on any atom is 0.431 e. The molecule has 2 fully saturated rings. The van der Waals surface area contributed by atoms with Crippen LogP contribution in [0.15, 0.2) is 11.2 Å². The normalized spacial score (nSPS) is 29.0. The quantitative estimate of drug-likeness (QED) is 0.372. The minimum atomic E-state index is -0.574. The Bertz CT molecular complexity index is 829. The van der Waals surface area contributed by atoms with E-state index in [9.17, 15) is 9.59 Å². The van der Waals surface area contributed by atoms with Crippen molar-refractivity contribution in [1.82, 2.24) is 30.4 Å². The number of hydrogen-bond donors (Lipinski definition) is 3. The molecule has 3 amide bonds. The third-order valence-corrected chi connectivity index (χ3v) is 6.17. The lowest BCUT2D eigenvalue weighted by Gasteiger charge is -2.32. The summed E-state index contributed by atoms with van der Waals surface area (Å²) in [7, 11) is 5.21. The molecule has 1 aliphatic carbocycles. The molecule has 2 atom stereocenters. The van der Waals surface area contributed by atoms with Crippen molar-refractivity contribution in [3.8, 4) is 0 Å². The minimum absolute atomic E-state index is 0.0394. The van der Waals surface area contributed by atoms with Crippen LogP contribution in [0.2, 0.25) is 0 Å². The van der Waals surface area contributed by atoms with Crippen molar-refractivity contribution in [2.45, 2.75) is 49.9 Å². The van der Waals surface area contributed by atoms with Gasteiger partial charge in [-0.15, -0.1) is 0 Å². The number of nitrogens with zero attached hydrogens (tertiary/aromatic N) is 5. The molecule has 4 N–H and O–H groups in total. The molecule has 11 heteroatoms. The van der Waals surface area contributed by atoms with Crippen molar-refractivity contribution in [3.63, 3.8) is 0 Å².